The first-order valence-corrected chi connectivity index (χ1v) is 9.26. The van der Waals surface area contributed by atoms with Gasteiger partial charge in [0.2, 0.25) is 5.82 Å². The third-order valence-electron chi connectivity index (χ3n) is 4.68. The molecule has 0 atom stereocenters. The van der Waals surface area contributed by atoms with Crippen molar-refractivity contribution >= 4 is 22.5 Å². The number of aromatic hydroxyl groups is 1. The largest absolute Gasteiger partial charge is 0.506 e. The molecule has 31 heavy (non-hydrogen) atoms. The van der Waals surface area contributed by atoms with Crippen molar-refractivity contribution < 1.29 is 18.5 Å². The molecule has 4 aromatic rings. The molecular formula is C20H17F2N7O2. The smallest absolute Gasteiger partial charge is 0.290 e. The fourth-order valence-corrected chi connectivity index (χ4v) is 3.18. The van der Waals surface area contributed by atoms with E-state index in [-0.39, 0.29) is 52.6 Å². The monoisotopic (exact) mass is 425 g/mol. The summed E-state index contributed by atoms with van der Waals surface area (Å²) in [5.41, 5.74) is 6.27. The van der Waals surface area contributed by atoms with Crippen LogP contribution in [0.5, 0.6) is 5.75 Å². The average molecular weight is 425 g/mol. The SMILES string of the molecule is N#CCCNc1nonc1-c1nc2c(O)cccc2n1CC(F)(F)c1ccc(N)cc1. The van der Waals surface area contributed by atoms with Crippen LogP contribution in [0, 0.1) is 11.3 Å². The number of halogens is 2. The Morgan fingerprint density at radius 1 is 1.19 bits per heavy atom. The number of nitriles is 1. The summed E-state index contributed by atoms with van der Waals surface area (Å²) in [6.45, 7) is -0.526. The number of nitrogen functional groups attached to an aromatic ring is 1. The van der Waals surface area contributed by atoms with E-state index in [1.165, 1.54) is 41.0 Å². The predicted molar refractivity (Wildman–Crippen MR) is 108 cm³/mol. The number of phenolic OH excluding ortho intramolecular Hbond substituents is 1. The summed E-state index contributed by atoms with van der Waals surface area (Å²) >= 11 is 0. The number of phenols is 1. The van der Waals surface area contributed by atoms with Crippen LogP contribution in [0.1, 0.15) is 12.0 Å². The van der Waals surface area contributed by atoms with Crippen LogP contribution in [0.4, 0.5) is 20.3 Å². The van der Waals surface area contributed by atoms with Crippen LogP contribution in [0.15, 0.2) is 47.1 Å². The van der Waals surface area contributed by atoms with E-state index >= 15 is 8.78 Å². The second-order valence-electron chi connectivity index (χ2n) is 6.79. The summed E-state index contributed by atoms with van der Waals surface area (Å²) in [7, 11) is 0. The van der Waals surface area contributed by atoms with Crippen LogP contribution in [0.25, 0.3) is 22.6 Å². The maximum Gasteiger partial charge on any atom is 0.290 e. The van der Waals surface area contributed by atoms with E-state index in [1.807, 2.05) is 6.07 Å². The minimum absolute atomic E-state index is 0.0346. The number of hydrogen-bond donors (Lipinski definition) is 3. The van der Waals surface area contributed by atoms with E-state index in [9.17, 15) is 5.11 Å². The van der Waals surface area contributed by atoms with Crippen molar-refractivity contribution in [3.8, 4) is 23.3 Å². The fourth-order valence-electron chi connectivity index (χ4n) is 3.18. The lowest BCUT2D eigenvalue weighted by atomic mass is 10.1. The summed E-state index contributed by atoms with van der Waals surface area (Å²) in [6, 6.07) is 11.8. The van der Waals surface area contributed by atoms with Crippen LogP contribution >= 0.6 is 0 Å². The topological polar surface area (TPSA) is 139 Å². The molecule has 2 aromatic heterocycles. The van der Waals surface area contributed by atoms with Gasteiger partial charge in [-0.2, -0.15) is 14.0 Å². The molecule has 0 spiro atoms. The summed E-state index contributed by atoms with van der Waals surface area (Å²) in [5.74, 6) is -3.26. The number of nitrogens with one attached hydrogen (secondary N) is 1. The highest BCUT2D eigenvalue weighted by molar-refractivity contribution is 5.86. The molecule has 0 aliphatic carbocycles. The van der Waals surface area contributed by atoms with Crippen molar-refractivity contribution in [1.29, 1.82) is 5.26 Å². The van der Waals surface area contributed by atoms with E-state index in [1.54, 1.807) is 6.07 Å². The second-order valence-corrected chi connectivity index (χ2v) is 6.79. The lowest BCUT2D eigenvalue weighted by Crippen LogP contribution is -2.22. The van der Waals surface area contributed by atoms with Gasteiger partial charge in [-0.15, -0.1) is 0 Å². The van der Waals surface area contributed by atoms with Gasteiger partial charge in [-0.05, 0) is 34.6 Å². The molecule has 0 bridgehead atoms. The molecule has 0 amide bonds. The third-order valence-corrected chi connectivity index (χ3v) is 4.68. The van der Waals surface area contributed by atoms with Crippen molar-refractivity contribution in [2.75, 3.05) is 17.6 Å². The van der Waals surface area contributed by atoms with Crippen molar-refractivity contribution in [3.63, 3.8) is 0 Å². The van der Waals surface area contributed by atoms with Gasteiger partial charge in [0.1, 0.15) is 11.3 Å². The number of benzene rings is 2. The normalized spacial score (nSPS) is 11.5. The van der Waals surface area contributed by atoms with Crippen LogP contribution in [-0.2, 0) is 12.5 Å². The van der Waals surface area contributed by atoms with Gasteiger partial charge >= 0.3 is 0 Å². The molecule has 4 N–H and O–H groups in total. The van der Waals surface area contributed by atoms with Gasteiger partial charge in [0.15, 0.2) is 11.5 Å². The first-order valence-electron chi connectivity index (χ1n) is 9.26. The number of nitrogens with zero attached hydrogens (tertiary/aromatic N) is 5. The lowest BCUT2D eigenvalue weighted by Gasteiger charge is -2.19. The zero-order chi connectivity index (χ0) is 22.0. The molecular weight excluding hydrogens is 408 g/mol. The molecule has 0 fully saturated rings. The number of imidazole rings is 1. The average Bonchev–Trinajstić information content (AvgIpc) is 3.34. The highest BCUT2D eigenvalue weighted by Gasteiger charge is 2.35. The number of para-hydroxylation sites is 1. The van der Waals surface area contributed by atoms with Gasteiger partial charge in [0.05, 0.1) is 24.6 Å². The zero-order valence-corrected chi connectivity index (χ0v) is 16.1. The minimum Gasteiger partial charge on any atom is -0.506 e. The number of nitrogens with two attached hydrogens (primary N) is 1. The van der Waals surface area contributed by atoms with E-state index in [4.69, 9.17) is 15.6 Å². The molecule has 0 saturated heterocycles. The number of aromatic nitrogens is 4. The molecule has 0 saturated carbocycles. The molecule has 0 unspecified atom stereocenters. The molecule has 2 aromatic carbocycles. The van der Waals surface area contributed by atoms with E-state index in [0.717, 1.165) is 0 Å². The van der Waals surface area contributed by atoms with Crippen molar-refractivity contribution in [1.82, 2.24) is 19.9 Å². The molecule has 0 aliphatic rings. The summed E-state index contributed by atoms with van der Waals surface area (Å²) in [4.78, 5) is 4.33. The van der Waals surface area contributed by atoms with Gasteiger partial charge in [-0.1, -0.05) is 18.2 Å². The first-order chi connectivity index (χ1) is 14.9. The summed E-state index contributed by atoms with van der Waals surface area (Å²) in [6.07, 6.45) is 0.193. The number of fused-ring (bicyclic) bond motifs is 1. The maximum absolute atomic E-state index is 15.2. The first kappa shape index (κ1) is 20.1. The van der Waals surface area contributed by atoms with Crippen LogP contribution in [-0.4, -0.2) is 31.5 Å². The van der Waals surface area contributed by atoms with E-state index < -0.39 is 12.5 Å². The molecule has 4 rings (SSSR count). The van der Waals surface area contributed by atoms with E-state index in [2.05, 4.69) is 20.6 Å². The van der Waals surface area contributed by atoms with Gasteiger partial charge in [-0.25, -0.2) is 9.61 Å². The number of hydrogen-bond acceptors (Lipinski definition) is 8. The Morgan fingerprint density at radius 2 is 1.97 bits per heavy atom. The Balaban J connectivity index is 1.82. The predicted octanol–water partition coefficient (Wildman–Crippen LogP) is 3.49. The highest BCUT2D eigenvalue weighted by Crippen LogP contribution is 2.37. The fraction of sp³-hybridized carbons (Fsp3) is 0.200. The quantitative estimate of drug-likeness (QED) is 0.302. The van der Waals surface area contributed by atoms with Gasteiger partial charge in [0, 0.05) is 17.8 Å². The Morgan fingerprint density at radius 3 is 2.71 bits per heavy atom. The number of alkyl halides is 2. The molecule has 9 nitrogen and oxygen atoms in total. The summed E-state index contributed by atoms with van der Waals surface area (Å²) in [5, 5.41) is 29.3. The third kappa shape index (κ3) is 3.83. The molecule has 0 aliphatic heterocycles. The standard InChI is InChI=1S/C20H17F2N7O2/c21-20(22,12-5-7-13(24)8-6-12)11-29-14-3-1-4-15(30)16(14)26-19(29)17-18(28-31-27-17)25-10-2-9-23/h1,3-8,30H,2,10-11,24H2,(H,25,28). The van der Waals surface area contributed by atoms with Crippen LogP contribution in [0.3, 0.4) is 0 Å². The Hall–Kier alpha value is -4.20. The Bertz CT molecular complexity index is 1260. The highest BCUT2D eigenvalue weighted by atomic mass is 19.3. The second kappa shape index (κ2) is 7.91. The molecule has 158 valence electrons. The van der Waals surface area contributed by atoms with Crippen LogP contribution < -0.4 is 11.1 Å². The van der Waals surface area contributed by atoms with Crippen molar-refractivity contribution in [2.45, 2.75) is 18.9 Å². The Labute approximate surface area is 174 Å². The molecule has 2 heterocycles. The Kier molecular flexibility index (Phi) is 5.12. The summed E-state index contributed by atoms with van der Waals surface area (Å²) < 4.78 is 36.4. The maximum atomic E-state index is 15.2. The molecule has 0 radical (unpaired) electrons. The van der Waals surface area contributed by atoms with Gasteiger partial charge in [0.25, 0.3) is 5.92 Å². The van der Waals surface area contributed by atoms with Crippen LogP contribution in [0.2, 0.25) is 0 Å². The van der Waals surface area contributed by atoms with Crippen molar-refractivity contribution in [3.05, 3.63) is 48.0 Å². The minimum atomic E-state index is -3.28. The zero-order valence-electron chi connectivity index (χ0n) is 16.1. The number of rotatable bonds is 7. The van der Waals surface area contributed by atoms with Gasteiger partial charge in [-0.3, -0.25) is 0 Å². The van der Waals surface area contributed by atoms with Crippen molar-refractivity contribution in [2.24, 2.45) is 0 Å². The van der Waals surface area contributed by atoms with Gasteiger partial charge < -0.3 is 20.7 Å². The van der Waals surface area contributed by atoms with E-state index in [0.29, 0.717) is 5.69 Å². The molecule has 11 heteroatoms. The lowest BCUT2D eigenvalue weighted by molar-refractivity contribution is -0.0208. The number of anilines is 2.